The summed E-state index contributed by atoms with van der Waals surface area (Å²) < 4.78 is 0. The summed E-state index contributed by atoms with van der Waals surface area (Å²) in [5.41, 5.74) is 6.87. The van der Waals surface area contributed by atoms with Crippen LogP contribution < -0.4 is 16.0 Å². The lowest BCUT2D eigenvalue weighted by Gasteiger charge is -2.28. The second-order valence-corrected chi connectivity index (χ2v) is 5.19. The van der Waals surface area contributed by atoms with Crippen molar-refractivity contribution < 1.29 is 4.79 Å². The number of carbonyl (C=O) groups is 1. The summed E-state index contributed by atoms with van der Waals surface area (Å²) in [4.78, 5) is 14.0. The first-order valence-corrected chi connectivity index (χ1v) is 6.74. The van der Waals surface area contributed by atoms with Crippen molar-refractivity contribution in [3.8, 4) is 0 Å². The molecular weight excluding hydrogens is 309 g/mol. The monoisotopic (exact) mass is 335 g/mol. The topological polar surface area (TPSA) is 58.4 Å². The average molecular weight is 336 g/mol. The SMILES string of the molecule is CC(N)C(C)C(=O)NCC(C)N(C)c1ccccc1.Cl.Cl. The number of carbonyl (C=O) groups excluding carboxylic acids is 1. The highest BCUT2D eigenvalue weighted by atomic mass is 35.5. The number of hydrogen-bond acceptors (Lipinski definition) is 3. The van der Waals surface area contributed by atoms with E-state index in [2.05, 4.69) is 29.3 Å². The van der Waals surface area contributed by atoms with Gasteiger partial charge < -0.3 is 16.0 Å². The van der Waals surface area contributed by atoms with Gasteiger partial charge in [0.1, 0.15) is 0 Å². The maximum Gasteiger partial charge on any atom is 0.224 e. The number of nitrogens with one attached hydrogen (secondary N) is 1. The van der Waals surface area contributed by atoms with Crippen LogP contribution in [0.2, 0.25) is 0 Å². The normalized spacial score (nSPS) is 14.0. The molecule has 0 aliphatic carbocycles. The number of hydrogen-bond donors (Lipinski definition) is 2. The molecule has 1 aromatic carbocycles. The quantitative estimate of drug-likeness (QED) is 0.839. The molecule has 3 atom stereocenters. The van der Waals surface area contributed by atoms with Gasteiger partial charge in [0.25, 0.3) is 0 Å². The fourth-order valence-electron chi connectivity index (χ4n) is 1.70. The number of nitrogens with two attached hydrogens (primary N) is 1. The van der Waals surface area contributed by atoms with E-state index < -0.39 is 0 Å². The summed E-state index contributed by atoms with van der Waals surface area (Å²) >= 11 is 0. The molecule has 21 heavy (non-hydrogen) atoms. The van der Waals surface area contributed by atoms with Crippen LogP contribution in [-0.4, -0.2) is 31.6 Å². The zero-order chi connectivity index (χ0) is 14.4. The van der Waals surface area contributed by atoms with Crippen molar-refractivity contribution >= 4 is 36.4 Å². The van der Waals surface area contributed by atoms with Crippen LogP contribution in [0.25, 0.3) is 0 Å². The molecule has 0 saturated carbocycles. The van der Waals surface area contributed by atoms with Gasteiger partial charge in [0.05, 0.1) is 0 Å². The number of halogens is 2. The minimum Gasteiger partial charge on any atom is -0.370 e. The Morgan fingerprint density at radius 3 is 2.19 bits per heavy atom. The highest BCUT2D eigenvalue weighted by Gasteiger charge is 2.18. The highest BCUT2D eigenvalue weighted by molar-refractivity contribution is 5.85. The summed E-state index contributed by atoms with van der Waals surface area (Å²) in [6, 6.07) is 10.2. The van der Waals surface area contributed by atoms with E-state index in [1.54, 1.807) is 0 Å². The van der Waals surface area contributed by atoms with Crippen molar-refractivity contribution in [3.05, 3.63) is 30.3 Å². The van der Waals surface area contributed by atoms with Crippen LogP contribution in [0.15, 0.2) is 30.3 Å². The summed E-state index contributed by atoms with van der Waals surface area (Å²) in [6.07, 6.45) is 0. The molecule has 0 aromatic heterocycles. The molecule has 3 unspecified atom stereocenters. The molecule has 0 aliphatic rings. The molecule has 0 spiro atoms. The maximum absolute atomic E-state index is 11.8. The first kappa shape index (κ1) is 22.3. The molecule has 1 aromatic rings. The van der Waals surface area contributed by atoms with Crippen LogP contribution in [0.3, 0.4) is 0 Å². The Bertz CT molecular complexity index is 401. The zero-order valence-corrected chi connectivity index (χ0v) is 14.7. The van der Waals surface area contributed by atoms with Crippen molar-refractivity contribution in [2.45, 2.75) is 32.9 Å². The lowest BCUT2D eigenvalue weighted by atomic mass is 10.0. The van der Waals surface area contributed by atoms with Crippen LogP contribution in [-0.2, 0) is 4.79 Å². The molecule has 0 aliphatic heterocycles. The van der Waals surface area contributed by atoms with Crippen molar-refractivity contribution in [1.82, 2.24) is 5.32 Å². The fraction of sp³-hybridized carbons (Fsp3) is 0.533. The Morgan fingerprint density at radius 2 is 1.71 bits per heavy atom. The van der Waals surface area contributed by atoms with Gasteiger partial charge in [-0.3, -0.25) is 4.79 Å². The fourth-order valence-corrected chi connectivity index (χ4v) is 1.70. The highest BCUT2D eigenvalue weighted by Crippen LogP contribution is 2.13. The predicted molar refractivity (Wildman–Crippen MR) is 94.6 cm³/mol. The minimum absolute atomic E-state index is 0. The van der Waals surface area contributed by atoms with Gasteiger partial charge in [0.2, 0.25) is 5.91 Å². The van der Waals surface area contributed by atoms with Crippen LogP contribution in [0.4, 0.5) is 5.69 Å². The van der Waals surface area contributed by atoms with Crippen LogP contribution in [0.1, 0.15) is 20.8 Å². The number of benzene rings is 1. The number of rotatable bonds is 6. The van der Waals surface area contributed by atoms with E-state index in [0.29, 0.717) is 6.54 Å². The maximum atomic E-state index is 11.8. The van der Waals surface area contributed by atoms with Gasteiger partial charge in [-0.1, -0.05) is 25.1 Å². The Morgan fingerprint density at radius 1 is 1.19 bits per heavy atom. The third kappa shape index (κ3) is 7.02. The van der Waals surface area contributed by atoms with E-state index in [0.717, 1.165) is 5.69 Å². The largest absolute Gasteiger partial charge is 0.370 e. The van der Waals surface area contributed by atoms with E-state index in [1.807, 2.05) is 39.1 Å². The minimum atomic E-state index is -0.158. The standard InChI is InChI=1S/C15H25N3O.2ClH/c1-11(10-17-15(19)12(2)13(3)16)18(4)14-8-6-5-7-9-14;;/h5-9,11-13H,10,16H2,1-4H3,(H,17,19);2*1H. The van der Waals surface area contributed by atoms with Gasteiger partial charge in [0, 0.05) is 37.3 Å². The third-order valence-corrected chi connectivity index (χ3v) is 3.60. The first-order valence-electron chi connectivity index (χ1n) is 6.74. The molecule has 0 saturated heterocycles. The Kier molecular flexibility index (Phi) is 11.4. The predicted octanol–water partition coefficient (Wildman–Crippen LogP) is 2.45. The van der Waals surface area contributed by atoms with Gasteiger partial charge >= 0.3 is 0 Å². The van der Waals surface area contributed by atoms with Crippen molar-refractivity contribution in [2.24, 2.45) is 11.7 Å². The second-order valence-electron chi connectivity index (χ2n) is 5.19. The number of likely N-dealkylation sites (N-methyl/N-ethyl adjacent to an activating group) is 1. The molecule has 1 rings (SSSR count). The van der Waals surface area contributed by atoms with Gasteiger partial charge in [-0.2, -0.15) is 0 Å². The van der Waals surface area contributed by atoms with Crippen LogP contribution >= 0.6 is 24.8 Å². The van der Waals surface area contributed by atoms with E-state index in [9.17, 15) is 4.79 Å². The number of amides is 1. The molecule has 4 nitrogen and oxygen atoms in total. The molecule has 0 fully saturated rings. The molecule has 6 heteroatoms. The van der Waals surface area contributed by atoms with Gasteiger partial charge in [-0.05, 0) is 26.0 Å². The second kappa shape index (κ2) is 10.7. The summed E-state index contributed by atoms with van der Waals surface area (Å²) in [6.45, 7) is 6.40. The Balaban J connectivity index is 0. The molecule has 0 heterocycles. The van der Waals surface area contributed by atoms with Crippen molar-refractivity contribution in [3.63, 3.8) is 0 Å². The first-order chi connectivity index (χ1) is 8.93. The summed E-state index contributed by atoms with van der Waals surface area (Å²) in [5, 5.41) is 2.95. The lowest BCUT2D eigenvalue weighted by molar-refractivity contribution is -0.124. The van der Waals surface area contributed by atoms with Gasteiger partial charge in [-0.25, -0.2) is 0 Å². The van der Waals surface area contributed by atoms with Crippen molar-refractivity contribution in [2.75, 3.05) is 18.5 Å². The number of para-hydroxylation sites is 1. The van der Waals surface area contributed by atoms with Crippen LogP contribution in [0.5, 0.6) is 0 Å². The smallest absolute Gasteiger partial charge is 0.224 e. The Labute approximate surface area is 140 Å². The summed E-state index contributed by atoms with van der Waals surface area (Å²) in [7, 11) is 2.03. The zero-order valence-electron chi connectivity index (χ0n) is 13.1. The molecular formula is C15H27Cl2N3O. The van der Waals surface area contributed by atoms with Gasteiger partial charge in [0.15, 0.2) is 0 Å². The van der Waals surface area contributed by atoms with Gasteiger partial charge in [-0.15, -0.1) is 24.8 Å². The lowest BCUT2D eigenvalue weighted by Crippen LogP contribution is -2.44. The van der Waals surface area contributed by atoms with Crippen molar-refractivity contribution in [1.29, 1.82) is 0 Å². The van der Waals surface area contributed by atoms with E-state index in [4.69, 9.17) is 5.73 Å². The number of nitrogens with zero attached hydrogens (tertiary/aromatic N) is 1. The van der Waals surface area contributed by atoms with E-state index in [-0.39, 0.29) is 48.7 Å². The van der Waals surface area contributed by atoms with Crippen LogP contribution in [0, 0.1) is 5.92 Å². The Hall–Kier alpha value is -0.970. The molecule has 1 amide bonds. The van der Waals surface area contributed by atoms with E-state index >= 15 is 0 Å². The third-order valence-electron chi connectivity index (χ3n) is 3.60. The number of anilines is 1. The molecule has 0 radical (unpaired) electrons. The average Bonchev–Trinajstić information content (AvgIpc) is 2.43. The van der Waals surface area contributed by atoms with E-state index in [1.165, 1.54) is 0 Å². The molecule has 0 bridgehead atoms. The molecule has 3 N–H and O–H groups in total. The molecule has 122 valence electrons. The summed E-state index contributed by atoms with van der Waals surface area (Å²) in [5.74, 6) is -0.141.